The van der Waals surface area contributed by atoms with Gasteiger partial charge in [-0.15, -0.1) is 0 Å². The molecule has 0 saturated carbocycles. The molecular weight excluding hydrogens is 276 g/mol. The van der Waals surface area contributed by atoms with Crippen LogP contribution in [-0.4, -0.2) is 34.6 Å². The lowest BCUT2D eigenvalue weighted by Crippen LogP contribution is -2.29. The molecule has 1 aliphatic rings. The van der Waals surface area contributed by atoms with Crippen LogP contribution in [0.5, 0.6) is 0 Å². The highest BCUT2D eigenvalue weighted by Gasteiger charge is 2.25. The number of aromatic carboxylic acids is 1. The van der Waals surface area contributed by atoms with Gasteiger partial charge in [0.25, 0.3) is 0 Å². The number of pyridine rings is 1. The summed E-state index contributed by atoms with van der Waals surface area (Å²) in [7, 11) is 1.99. The summed E-state index contributed by atoms with van der Waals surface area (Å²) in [6.07, 6.45) is 0.772. The first-order valence-corrected chi connectivity index (χ1v) is 6.89. The van der Waals surface area contributed by atoms with Crippen molar-refractivity contribution in [2.75, 3.05) is 13.6 Å². The highest BCUT2D eigenvalue weighted by Crippen LogP contribution is 2.31. The highest BCUT2D eigenvalue weighted by atomic mass is 35.5. The Hall–Kier alpha value is -1.65. The number of rotatable bonds is 1. The predicted molar refractivity (Wildman–Crippen MR) is 78.5 cm³/mol. The quantitative estimate of drug-likeness (QED) is 0.877. The Morgan fingerprint density at radius 3 is 2.90 bits per heavy atom. The van der Waals surface area contributed by atoms with E-state index < -0.39 is 5.97 Å². The van der Waals surface area contributed by atoms with Crippen molar-refractivity contribution >= 4 is 28.5 Å². The van der Waals surface area contributed by atoms with Gasteiger partial charge < -0.3 is 10.0 Å². The third-order valence-electron chi connectivity index (χ3n) is 3.90. The van der Waals surface area contributed by atoms with E-state index in [1.54, 1.807) is 12.1 Å². The van der Waals surface area contributed by atoms with Crippen LogP contribution in [0, 0.1) is 6.92 Å². The lowest BCUT2D eigenvalue weighted by molar-refractivity contribution is 0.0696. The van der Waals surface area contributed by atoms with Gasteiger partial charge in [-0.1, -0.05) is 17.7 Å². The molecular formula is C15H15ClN2O2. The zero-order chi connectivity index (χ0) is 14.4. The van der Waals surface area contributed by atoms with Crippen molar-refractivity contribution in [2.45, 2.75) is 19.9 Å². The van der Waals surface area contributed by atoms with Crippen molar-refractivity contribution in [3.05, 3.63) is 39.5 Å². The molecule has 1 N–H and O–H groups in total. The summed E-state index contributed by atoms with van der Waals surface area (Å²) < 4.78 is 0. The number of carboxylic acids is 1. The molecule has 20 heavy (non-hydrogen) atoms. The van der Waals surface area contributed by atoms with Crippen molar-refractivity contribution in [3.8, 4) is 0 Å². The molecule has 0 spiro atoms. The third-order valence-corrected chi connectivity index (χ3v) is 4.31. The van der Waals surface area contributed by atoms with Gasteiger partial charge in [0.1, 0.15) is 0 Å². The normalized spacial score (nSPS) is 15.3. The Morgan fingerprint density at radius 2 is 2.20 bits per heavy atom. The van der Waals surface area contributed by atoms with Gasteiger partial charge in [0.2, 0.25) is 0 Å². The number of aryl methyl sites for hydroxylation is 1. The molecule has 2 heterocycles. The van der Waals surface area contributed by atoms with Crippen LogP contribution in [0.2, 0.25) is 5.02 Å². The van der Waals surface area contributed by atoms with Crippen LogP contribution in [0.4, 0.5) is 0 Å². The molecule has 0 radical (unpaired) electrons. The SMILES string of the molecule is Cc1c(Cl)ccc2c(C(=O)O)c3c(nc12)CCN(C)C3. The van der Waals surface area contributed by atoms with Gasteiger partial charge in [-0.25, -0.2) is 4.79 Å². The maximum absolute atomic E-state index is 11.7. The number of carboxylic acid groups (broad SMARTS) is 1. The summed E-state index contributed by atoms with van der Waals surface area (Å²) >= 11 is 6.13. The molecule has 0 fully saturated rings. The fourth-order valence-corrected chi connectivity index (χ4v) is 2.95. The second-order valence-electron chi connectivity index (χ2n) is 5.27. The molecule has 0 atom stereocenters. The van der Waals surface area contributed by atoms with E-state index in [2.05, 4.69) is 9.88 Å². The minimum atomic E-state index is -0.898. The maximum Gasteiger partial charge on any atom is 0.336 e. The van der Waals surface area contributed by atoms with E-state index in [9.17, 15) is 9.90 Å². The fourth-order valence-electron chi connectivity index (χ4n) is 2.80. The summed E-state index contributed by atoms with van der Waals surface area (Å²) in [5.41, 5.74) is 3.64. The monoisotopic (exact) mass is 290 g/mol. The number of fused-ring (bicyclic) bond motifs is 2. The van der Waals surface area contributed by atoms with Gasteiger partial charge in [0, 0.05) is 41.2 Å². The van der Waals surface area contributed by atoms with Crippen molar-refractivity contribution in [1.29, 1.82) is 0 Å². The Bertz CT molecular complexity index is 728. The summed E-state index contributed by atoms with van der Waals surface area (Å²) in [4.78, 5) is 18.5. The molecule has 5 heteroatoms. The first-order valence-electron chi connectivity index (χ1n) is 6.51. The molecule has 4 nitrogen and oxygen atoms in total. The van der Waals surface area contributed by atoms with Crippen LogP contribution in [0.3, 0.4) is 0 Å². The van der Waals surface area contributed by atoms with Crippen LogP contribution in [-0.2, 0) is 13.0 Å². The zero-order valence-electron chi connectivity index (χ0n) is 11.4. The van der Waals surface area contributed by atoms with Crippen LogP contribution in [0.1, 0.15) is 27.2 Å². The molecule has 0 aliphatic carbocycles. The maximum atomic E-state index is 11.7. The van der Waals surface area contributed by atoms with Crippen molar-refractivity contribution in [1.82, 2.24) is 9.88 Å². The molecule has 1 aromatic carbocycles. The lowest BCUT2D eigenvalue weighted by Gasteiger charge is -2.26. The molecule has 3 rings (SSSR count). The van der Waals surface area contributed by atoms with Gasteiger partial charge in [-0.3, -0.25) is 4.98 Å². The molecule has 1 aliphatic heterocycles. The second kappa shape index (κ2) is 4.72. The average molecular weight is 291 g/mol. The molecule has 0 unspecified atom stereocenters. The average Bonchev–Trinajstić information content (AvgIpc) is 2.40. The van der Waals surface area contributed by atoms with E-state index in [1.807, 2.05) is 14.0 Å². The van der Waals surface area contributed by atoms with Crippen LogP contribution in [0.15, 0.2) is 12.1 Å². The number of likely N-dealkylation sites (N-methyl/N-ethyl adjacent to an activating group) is 1. The minimum absolute atomic E-state index is 0.372. The zero-order valence-corrected chi connectivity index (χ0v) is 12.2. The largest absolute Gasteiger partial charge is 0.478 e. The molecule has 1 aromatic heterocycles. The second-order valence-corrected chi connectivity index (χ2v) is 5.68. The van der Waals surface area contributed by atoms with Crippen LogP contribution >= 0.6 is 11.6 Å². The number of hydrogen-bond donors (Lipinski definition) is 1. The van der Waals surface area contributed by atoms with Crippen LogP contribution < -0.4 is 0 Å². The van der Waals surface area contributed by atoms with Crippen molar-refractivity contribution in [3.63, 3.8) is 0 Å². The topological polar surface area (TPSA) is 53.4 Å². The fraction of sp³-hybridized carbons (Fsp3) is 0.333. The van der Waals surface area contributed by atoms with E-state index in [4.69, 9.17) is 11.6 Å². The first-order chi connectivity index (χ1) is 9.49. The molecule has 2 aromatic rings. The van der Waals surface area contributed by atoms with Gasteiger partial charge in [-0.05, 0) is 25.6 Å². The third kappa shape index (κ3) is 1.96. The van der Waals surface area contributed by atoms with E-state index in [0.717, 1.165) is 29.8 Å². The predicted octanol–water partition coefficient (Wildman–Crippen LogP) is 2.88. The summed E-state index contributed by atoms with van der Waals surface area (Å²) in [5.74, 6) is -0.898. The molecule has 104 valence electrons. The van der Waals surface area contributed by atoms with Crippen LogP contribution in [0.25, 0.3) is 10.9 Å². The van der Waals surface area contributed by atoms with Crippen molar-refractivity contribution < 1.29 is 9.90 Å². The van der Waals surface area contributed by atoms with Gasteiger partial charge in [0.05, 0.1) is 11.1 Å². The van der Waals surface area contributed by atoms with Crippen molar-refractivity contribution in [2.24, 2.45) is 0 Å². The number of benzene rings is 1. The number of halogens is 1. The summed E-state index contributed by atoms with van der Waals surface area (Å²) in [5, 5.41) is 10.9. The smallest absolute Gasteiger partial charge is 0.336 e. The van der Waals surface area contributed by atoms with E-state index in [-0.39, 0.29) is 0 Å². The van der Waals surface area contributed by atoms with Gasteiger partial charge >= 0.3 is 5.97 Å². The van der Waals surface area contributed by atoms with Gasteiger partial charge in [-0.2, -0.15) is 0 Å². The minimum Gasteiger partial charge on any atom is -0.478 e. The Labute approximate surface area is 122 Å². The Balaban J connectivity index is 2.41. The number of carbonyl (C=O) groups is 1. The molecule has 0 bridgehead atoms. The Kier molecular flexibility index (Phi) is 3.15. The Morgan fingerprint density at radius 1 is 1.45 bits per heavy atom. The summed E-state index contributed by atoms with van der Waals surface area (Å²) in [6, 6.07) is 3.50. The lowest BCUT2D eigenvalue weighted by atomic mass is 9.95. The van der Waals surface area contributed by atoms with E-state index in [1.165, 1.54) is 0 Å². The highest BCUT2D eigenvalue weighted by molar-refractivity contribution is 6.32. The number of hydrogen-bond acceptors (Lipinski definition) is 3. The van der Waals surface area contributed by atoms with E-state index >= 15 is 0 Å². The first kappa shape index (κ1) is 13.3. The molecule has 0 amide bonds. The number of aromatic nitrogens is 1. The molecule has 0 saturated heterocycles. The van der Waals surface area contributed by atoms with Gasteiger partial charge in [0.15, 0.2) is 0 Å². The number of nitrogens with zero attached hydrogens (tertiary/aromatic N) is 2. The summed E-state index contributed by atoms with van der Waals surface area (Å²) in [6.45, 7) is 3.40. The standard InChI is InChI=1S/C15H15ClN2O2/c1-8-11(16)4-3-9-13(15(19)20)10-7-18(2)6-5-12(10)17-14(8)9/h3-4H,5-7H2,1-2H3,(H,19,20). The van der Waals surface area contributed by atoms with E-state index in [0.29, 0.717) is 28.0 Å².